The Hall–Kier alpha value is -3.68. The average molecular weight is 765 g/mol. The molecule has 8 heteroatoms. The average Bonchev–Trinajstić information content (AvgIpc) is 3.72. The number of phenolic OH excluding ortho intramolecular Hbond substituents is 2. The number of phenols is 2. The fourth-order valence-corrected chi connectivity index (χ4v) is 12.9. The molecule has 8 nitrogen and oxygen atoms in total. The molecule has 4 saturated carbocycles. The number of hydrogen-bond donors (Lipinski definition) is 2. The van der Waals surface area contributed by atoms with Crippen LogP contribution in [0.5, 0.6) is 11.5 Å². The Bertz CT molecular complexity index is 1700. The van der Waals surface area contributed by atoms with Crippen LogP contribution in [-0.2, 0) is 32.1 Å². The van der Waals surface area contributed by atoms with Crippen molar-refractivity contribution in [2.24, 2.45) is 44.8 Å². The number of hydrogen-bond acceptors (Lipinski definition) is 8. The van der Waals surface area contributed by atoms with E-state index in [-0.39, 0.29) is 22.8 Å². The van der Waals surface area contributed by atoms with Crippen LogP contribution in [-0.4, -0.2) is 33.6 Å². The van der Waals surface area contributed by atoms with E-state index in [9.17, 15) is 19.8 Å². The van der Waals surface area contributed by atoms with Gasteiger partial charge in [-0.15, -0.1) is 0 Å². The van der Waals surface area contributed by atoms with E-state index in [1.165, 1.54) is 22.3 Å². The maximum atomic E-state index is 12.6. The van der Waals surface area contributed by atoms with Crippen LogP contribution in [0.2, 0.25) is 0 Å². The summed E-state index contributed by atoms with van der Waals surface area (Å²) in [7, 11) is 0. The summed E-state index contributed by atoms with van der Waals surface area (Å²) in [4.78, 5) is 36.3. The lowest BCUT2D eigenvalue weighted by Gasteiger charge is -2.49. The molecule has 6 aliphatic rings. The second-order valence-corrected chi connectivity index (χ2v) is 18.9. The van der Waals surface area contributed by atoms with Gasteiger partial charge in [-0.25, -0.2) is 9.59 Å². The smallest absolute Gasteiger partial charge is 0.335 e. The summed E-state index contributed by atoms with van der Waals surface area (Å²) in [5, 5.41) is 29.0. The maximum absolute atomic E-state index is 12.6. The molecular formula is C48H64N2O6. The quantitative estimate of drug-likeness (QED) is 0.119. The van der Waals surface area contributed by atoms with Gasteiger partial charge < -0.3 is 19.9 Å². The second-order valence-electron chi connectivity index (χ2n) is 18.9. The van der Waals surface area contributed by atoms with Crippen molar-refractivity contribution in [3.05, 3.63) is 58.7 Å². The topological polar surface area (TPSA) is 118 Å². The molecule has 0 amide bonds. The summed E-state index contributed by atoms with van der Waals surface area (Å²) in [6.07, 6.45) is 21.8. The Labute approximate surface area is 333 Å². The number of benzene rings is 2. The highest BCUT2D eigenvalue weighted by Crippen LogP contribution is 2.61. The van der Waals surface area contributed by atoms with Gasteiger partial charge in [-0.2, -0.15) is 0 Å². The van der Waals surface area contributed by atoms with Gasteiger partial charge in [-0.1, -0.05) is 74.8 Å². The number of carbonyl (C=O) groups is 2. The predicted octanol–water partition coefficient (Wildman–Crippen LogP) is 11.2. The molecule has 2 N–H and O–H groups in total. The molecule has 0 saturated heterocycles. The third-order valence-corrected chi connectivity index (χ3v) is 15.9. The minimum atomic E-state index is -0.214. The second kappa shape index (κ2) is 16.7. The van der Waals surface area contributed by atoms with E-state index in [1.807, 2.05) is 24.3 Å². The van der Waals surface area contributed by atoms with Gasteiger partial charge in [0.15, 0.2) is 0 Å². The summed E-state index contributed by atoms with van der Waals surface area (Å²) in [6.45, 7) is 4.70. The minimum Gasteiger partial charge on any atom is -0.508 e. The number of carbonyl (C=O) groups excluding carboxylic acids is 2. The first-order valence-electron chi connectivity index (χ1n) is 22.3. The van der Waals surface area contributed by atoms with E-state index in [2.05, 4.69) is 36.3 Å². The van der Waals surface area contributed by atoms with Gasteiger partial charge in [0.2, 0.25) is 0 Å². The zero-order valence-electron chi connectivity index (χ0n) is 33.9. The Morgan fingerprint density at radius 2 is 1.00 bits per heavy atom. The molecule has 56 heavy (non-hydrogen) atoms. The molecule has 0 radical (unpaired) electrons. The molecule has 8 atom stereocenters. The standard InChI is InChI=1S/C48H64N2O6/c1-47-27-25-37-35-19-15-33(51)29-31(35)13-17-39(37)41(47)21-23-43(47)49-55-45(53)11-9-7-5-3-4-6-8-10-12-46(54)56-50-44-24-22-42-40-18-14-32-30-34(52)16-20-36(32)38(40)26-28-48(42,44)2/h15-16,19-20,29-30,37-42,51-52H,3-14,17-18,21-28H2,1-2H3/b49-43+,50-44+/t37-,38-,39-,40-,41+,42+,47+,48+/m1/s1. The van der Waals surface area contributed by atoms with Crippen LogP contribution >= 0.6 is 0 Å². The number of fused-ring (bicyclic) bond motifs is 10. The van der Waals surface area contributed by atoms with Crippen molar-refractivity contribution in [3.8, 4) is 11.5 Å². The summed E-state index contributed by atoms with van der Waals surface area (Å²) < 4.78 is 0. The van der Waals surface area contributed by atoms with Crippen LogP contribution in [0.3, 0.4) is 0 Å². The third kappa shape index (κ3) is 7.79. The Kier molecular flexibility index (Phi) is 11.6. The first-order valence-corrected chi connectivity index (χ1v) is 22.3. The lowest BCUT2D eigenvalue weighted by molar-refractivity contribution is -0.144. The van der Waals surface area contributed by atoms with E-state index in [0.29, 0.717) is 59.8 Å². The van der Waals surface area contributed by atoms with Gasteiger partial charge >= 0.3 is 11.9 Å². The molecule has 0 aliphatic heterocycles. The fourth-order valence-electron chi connectivity index (χ4n) is 12.9. The Morgan fingerprint density at radius 3 is 1.43 bits per heavy atom. The molecule has 0 bridgehead atoms. The number of aryl methyl sites for hydroxylation is 2. The summed E-state index contributed by atoms with van der Waals surface area (Å²) in [5.74, 6) is 3.84. The van der Waals surface area contributed by atoms with Crippen LogP contribution in [0.15, 0.2) is 46.7 Å². The van der Waals surface area contributed by atoms with E-state index >= 15 is 0 Å². The highest BCUT2D eigenvalue weighted by molar-refractivity contribution is 5.93. The van der Waals surface area contributed by atoms with Crippen molar-refractivity contribution >= 4 is 23.4 Å². The first-order chi connectivity index (χ1) is 27.1. The van der Waals surface area contributed by atoms with Crippen LogP contribution < -0.4 is 0 Å². The first kappa shape index (κ1) is 39.2. The Balaban J connectivity index is 0.675. The van der Waals surface area contributed by atoms with Crippen LogP contribution in [0.25, 0.3) is 0 Å². The summed E-state index contributed by atoms with van der Waals surface area (Å²) in [6, 6.07) is 11.9. The van der Waals surface area contributed by atoms with Gasteiger partial charge in [-0.05, 0) is 172 Å². The molecule has 0 unspecified atom stereocenters. The van der Waals surface area contributed by atoms with Crippen LogP contribution in [0, 0.1) is 34.5 Å². The van der Waals surface area contributed by atoms with Crippen molar-refractivity contribution in [1.82, 2.24) is 0 Å². The predicted molar refractivity (Wildman–Crippen MR) is 219 cm³/mol. The van der Waals surface area contributed by atoms with Crippen molar-refractivity contribution in [2.45, 2.75) is 167 Å². The van der Waals surface area contributed by atoms with Crippen molar-refractivity contribution in [3.63, 3.8) is 0 Å². The van der Waals surface area contributed by atoms with Crippen molar-refractivity contribution < 1.29 is 29.5 Å². The van der Waals surface area contributed by atoms with Gasteiger partial charge in [0.05, 0.1) is 11.4 Å². The van der Waals surface area contributed by atoms with Gasteiger partial charge in [-0.3, -0.25) is 0 Å². The van der Waals surface area contributed by atoms with E-state index in [0.717, 1.165) is 140 Å². The SMILES string of the molecule is C[C@]12CC[C@@H]3c4ccc(O)cc4CC[C@H]3[C@@H]1CC/C2=N\OC(=O)CCCCCCCCCCC(=O)O/N=C1\CC[C@H]2[C@@H]3CCc4cc(O)ccc4[C@H]3CC[C@]12C. The normalized spacial score (nSPS) is 32.8. The number of unbranched alkanes of at least 4 members (excludes halogenated alkanes) is 7. The molecule has 4 fully saturated rings. The van der Waals surface area contributed by atoms with Gasteiger partial charge in [0.1, 0.15) is 11.5 Å². The largest absolute Gasteiger partial charge is 0.508 e. The monoisotopic (exact) mass is 764 g/mol. The molecular weight excluding hydrogens is 701 g/mol. The summed E-state index contributed by atoms with van der Waals surface area (Å²) >= 11 is 0. The van der Waals surface area contributed by atoms with Crippen molar-refractivity contribution in [1.29, 1.82) is 0 Å². The lowest BCUT2D eigenvalue weighted by atomic mass is 9.55. The zero-order chi connectivity index (χ0) is 38.9. The highest BCUT2D eigenvalue weighted by Gasteiger charge is 2.55. The maximum Gasteiger partial charge on any atom is 0.335 e. The van der Waals surface area contributed by atoms with E-state index in [1.54, 1.807) is 0 Å². The van der Waals surface area contributed by atoms with Gasteiger partial charge in [0.25, 0.3) is 0 Å². The van der Waals surface area contributed by atoms with Crippen molar-refractivity contribution in [2.75, 3.05) is 0 Å². The molecule has 0 spiro atoms. The van der Waals surface area contributed by atoms with Crippen LogP contribution in [0.4, 0.5) is 0 Å². The summed E-state index contributed by atoms with van der Waals surface area (Å²) in [5.41, 5.74) is 7.69. The molecule has 0 aromatic heterocycles. The molecule has 6 aliphatic carbocycles. The molecule has 8 rings (SSSR count). The van der Waals surface area contributed by atoms with Gasteiger partial charge in [0, 0.05) is 23.7 Å². The molecule has 2 aromatic rings. The molecule has 0 heterocycles. The minimum absolute atomic E-state index is 0.0134. The lowest BCUT2D eigenvalue weighted by Crippen LogP contribution is -2.42. The number of oxime groups is 2. The van der Waals surface area contributed by atoms with E-state index in [4.69, 9.17) is 9.68 Å². The number of nitrogens with zero attached hydrogens (tertiary/aromatic N) is 2. The molecule has 302 valence electrons. The third-order valence-electron chi connectivity index (χ3n) is 15.9. The number of rotatable bonds is 13. The number of aromatic hydroxyl groups is 2. The highest BCUT2D eigenvalue weighted by atomic mass is 16.7. The fraction of sp³-hybridized carbons (Fsp3) is 0.667. The zero-order valence-corrected chi connectivity index (χ0v) is 33.9. The molecule has 2 aromatic carbocycles. The Morgan fingerprint density at radius 1 is 0.589 bits per heavy atom. The van der Waals surface area contributed by atoms with E-state index < -0.39 is 0 Å². The van der Waals surface area contributed by atoms with Crippen LogP contribution in [0.1, 0.15) is 176 Å².